The van der Waals surface area contributed by atoms with Crippen LogP contribution in [0.4, 0.5) is 11.5 Å². The van der Waals surface area contributed by atoms with Gasteiger partial charge in [0.2, 0.25) is 5.82 Å². The Morgan fingerprint density at radius 3 is 3.40 bits per heavy atom. The first-order valence-corrected chi connectivity index (χ1v) is 2.91. The summed E-state index contributed by atoms with van der Waals surface area (Å²) in [4.78, 5) is 3.92. The smallest absolute Gasteiger partial charge is 0.240 e. The molecule has 2 rings (SSSR count). The molecular formula is C5H7N4O+. The molecule has 0 aromatic carbocycles. The van der Waals surface area contributed by atoms with E-state index in [1.54, 1.807) is 12.3 Å². The van der Waals surface area contributed by atoms with Crippen LogP contribution in [0.15, 0.2) is 18.3 Å². The molecule has 0 amide bonds. The maximum Gasteiger partial charge on any atom is 0.240 e. The zero-order chi connectivity index (χ0) is 6.97. The number of quaternary nitrogens is 1. The van der Waals surface area contributed by atoms with E-state index in [2.05, 4.69) is 10.4 Å². The molecule has 0 fully saturated rings. The summed E-state index contributed by atoms with van der Waals surface area (Å²) in [5, 5.41) is 9.99. The van der Waals surface area contributed by atoms with Crippen molar-refractivity contribution in [3.05, 3.63) is 18.3 Å². The van der Waals surface area contributed by atoms with Crippen molar-refractivity contribution in [2.45, 2.75) is 0 Å². The van der Waals surface area contributed by atoms with Crippen LogP contribution in [0.3, 0.4) is 0 Å². The Morgan fingerprint density at radius 1 is 1.70 bits per heavy atom. The van der Waals surface area contributed by atoms with Gasteiger partial charge in [0.25, 0.3) is 0 Å². The molecule has 0 atom stereocenters. The van der Waals surface area contributed by atoms with E-state index in [1.165, 1.54) is 5.53 Å². The number of pyridine rings is 1. The zero-order valence-corrected chi connectivity index (χ0v) is 5.15. The fourth-order valence-corrected chi connectivity index (χ4v) is 0.884. The minimum Gasteiger partial charge on any atom is -0.241 e. The lowest BCUT2D eigenvalue weighted by Crippen LogP contribution is -2.94. The van der Waals surface area contributed by atoms with Crippen LogP contribution in [0, 0.1) is 0 Å². The molecule has 1 aromatic rings. The molecule has 0 unspecified atom stereocenters. The van der Waals surface area contributed by atoms with Crippen LogP contribution in [0.5, 0.6) is 0 Å². The summed E-state index contributed by atoms with van der Waals surface area (Å²) in [7, 11) is 0. The van der Waals surface area contributed by atoms with Gasteiger partial charge in [-0.05, 0) is 12.1 Å². The van der Waals surface area contributed by atoms with Gasteiger partial charge in [-0.2, -0.15) is 0 Å². The third-order valence-corrected chi connectivity index (χ3v) is 1.35. The van der Waals surface area contributed by atoms with Crippen LogP contribution >= 0.6 is 0 Å². The van der Waals surface area contributed by atoms with Crippen molar-refractivity contribution in [3.8, 4) is 0 Å². The topological polar surface area (TPSA) is 65.0 Å². The highest BCUT2D eigenvalue weighted by Crippen LogP contribution is 2.19. The quantitative estimate of drug-likeness (QED) is 0.407. The van der Waals surface area contributed by atoms with E-state index >= 15 is 0 Å². The van der Waals surface area contributed by atoms with Crippen molar-refractivity contribution in [3.63, 3.8) is 0 Å². The van der Waals surface area contributed by atoms with Gasteiger partial charge in [-0.3, -0.25) is 0 Å². The minimum absolute atomic E-state index is 0.544. The van der Waals surface area contributed by atoms with Gasteiger partial charge >= 0.3 is 0 Å². The molecule has 0 spiro atoms. The molecule has 1 aromatic heterocycles. The Kier molecular flexibility index (Phi) is 0.996. The van der Waals surface area contributed by atoms with E-state index in [1.807, 2.05) is 6.07 Å². The van der Waals surface area contributed by atoms with Crippen LogP contribution in [0.1, 0.15) is 0 Å². The first-order chi connectivity index (χ1) is 4.88. The van der Waals surface area contributed by atoms with Gasteiger partial charge in [0.1, 0.15) is 5.69 Å². The van der Waals surface area contributed by atoms with Crippen molar-refractivity contribution in [2.24, 2.45) is 0 Å². The molecular weight excluding hydrogens is 132 g/mol. The summed E-state index contributed by atoms with van der Waals surface area (Å²) in [6, 6.07) is 3.65. The zero-order valence-electron chi connectivity index (χ0n) is 5.15. The van der Waals surface area contributed by atoms with E-state index in [0.29, 0.717) is 5.82 Å². The molecule has 10 heavy (non-hydrogen) atoms. The van der Waals surface area contributed by atoms with Gasteiger partial charge in [0.05, 0.1) is 0 Å². The Morgan fingerprint density at radius 2 is 2.60 bits per heavy atom. The molecule has 0 saturated carbocycles. The van der Waals surface area contributed by atoms with E-state index in [-0.39, 0.29) is 0 Å². The van der Waals surface area contributed by atoms with Crippen LogP contribution in [0.2, 0.25) is 0 Å². The summed E-state index contributed by atoms with van der Waals surface area (Å²) in [6.07, 6.45) is 1.63. The Bertz CT molecular complexity index is 251. The summed E-state index contributed by atoms with van der Waals surface area (Å²) >= 11 is 0. The van der Waals surface area contributed by atoms with Gasteiger partial charge in [-0.25, -0.2) is 15.6 Å². The van der Waals surface area contributed by atoms with Crippen LogP contribution in [0.25, 0.3) is 0 Å². The summed E-state index contributed by atoms with van der Waals surface area (Å²) in [5.74, 6) is 0.544. The van der Waals surface area contributed by atoms with Crippen molar-refractivity contribution < 1.29 is 10.7 Å². The Labute approximate surface area is 57.2 Å². The number of fused-ring (bicyclic) bond motifs is 1. The maximum atomic E-state index is 9.03. The van der Waals surface area contributed by atoms with E-state index < -0.39 is 0 Å². The second-order valence-electron chi connectivity index (χ2n) is 1.99. The van der Waals surface area contributed by atoms with Crippen molar-refractivity contribution in [1.29, 1.82) is 0 Å². The largest absolute Gasteiger partial charge is 0.241 e. The van der Waals surface area contributed by atoms with Crippen molar-refractivity contribution >= 4 is 11.5 Å². The lowest BCUT2D eigenvalue weighted by Gasteiger charge is -1.98. The average molecular weight is 139 g/mol. The maximum absolute atomic E-state index is 9.03. The highest BCUT2D eigenvalue weighted by molar-refractivity contribution is 5.63. The van der Waals surface area contributed by atoms with Gasteiger partial charge in [-0.1, -0.05) is 5.17 Å². The van der Waals surface area contributed by atoms with Crippen LogP contribution in [-0.4, -0.2) is 10.2 Å². The molecule has 5 nitrogen and oxygen atoms in total. The van der Waals surface area contributed by atoms with E-state index in [0.717, 1.165) is 10.9 Å². The molecule has 0 bridgehead atoms. The molecule has 52 valence electrons. The van der Waals surface area contributed by atoms with Crippen molar-refractivity contribution in [2.75, 3.05) is 10.6 Å². The number of anilines is 2. The number of aromatic nitrogens is 1. The normalized spacial score (nSPS) is 14.7. The molecule has 0 aliphatic carbocycles. The van der Waals surface area contributed by atoms with Gasteiger partial charge in [-0.15, -0.1) is 5.53 Å². The van der Waals surface area contributed by atoms with E-state index in [4.69, 9.17) is 5.21 Å². The van der Waals surface area contributed by atoms with E-state index in [9.17, 15) is 0 Å². The first kappa shape index (κ1) is 5.45. The second kappa shape index (κ2) is 1.83. The monoisotopic (exact) mass is 139 g/mol. The highest BCUT2D eigenvalue weighted by atomic mass is 16.6. The molecule has 1 aliphatic heterocycles. The fraction of sp³-hybridized carbons (Fsp3) is 0. The number of hydrogen-bond acceptors (Lipinski definition) is 4. The summed E-state index contributed by atoms with van der Waals surface area (Å²) in [5.41, 5.74) is 5.10. The van der Waals surface area contributed by atoms with Gasteiger partial charge in [0, 0.05) is 6.20 Å². The number of hydrogen-bond donors (Lipinski definition) is 3. The van der Waals surface area contributed by atoms with Crippen LogP contribution < -0.4 is 16.1 Å². The number of nitrogens with one attached hydrogen (secondary N) is 1. The third kappa shape index (κ3) is 0.615. The molecule has 4 N–H and O–H groups in total. The Hall–Kier alpha value is -1.33. The predicted molar refractivity (Wildman–Crippen MR) is 34.1 cm³/mol. The predicted octanol–water partition coefficient (Wildman–Crippen LogP) is -0.904. The average Bonchev–Trinajstić information content (AvgIpc) is 2.34. The standard InChI is InChI=1S/C5H6N4O/c10-9-5-4(7-8-9)2-1-3-6-5/h1-3,7-8,10H/p+1. The van der Waals surface area contributed by atoms with Crippen molar-refractivity contribution in [1.82, 2.24) is 4.98 Å². The Balaban J connectivity index is 2.51. The third-order valence-electron chi connectivity index (χ3n) is 1.35. The number of nitrogens with zero attached hydrogens (tertiary/aromatic N) is 2. The SMILES string of the molecule is ON1[NH2+]Nc2cccnc21. The summed E-state index contributed by atoms with van der Waals surface area (Å²) < 4.78 is 0. The number of nitrogen functional groups attached to an aromatic ring is 1. The lowest BCUT2D eigenvalue weighted by atomic mass is 10.4. The molecule has 5 heteroatoms. The van der Waals surface area contributed by atoms with Crippen LogP contribution in [-0.2, 0) is 0 Å². The van der Waals surface area contributed by atoms with Gasteiger partial charge < -0.3 is 0 Å². The van der Waals surface area contributed by atoms with Gasteiger partial charge in [0.15, 0.2) is 0 Å². The molecule has 1 aliphatic rings. The second-order valence-corrected chi connectivity index (χ2v) is 1.99. The fourth-order valence-electron chi connectivity index (χ4n) is 0.884. The molecule has 2 heterocycles. The molecule has 0 radical (unpaired) electrons. The summed E-state index contributed by atoms with van der Waals surface area (Å²) in [6.45, 7) is 0. The molecule has 0 saturated heterocycles. The lowest BCUT2D eigenvalue weighted by molar-refractivity contribution is -0.667. The number of nitrogens with two attached hydrogens (primary N) is 1. The highest BCUT2D eigenvalue weighted by Gasteiger charge is 2.20. The minimum atomic E-state index is 0.544. The number of rotatable bonds is 0. The first-order valence-electron chi connectivity index (χ1n) is 2.91.